The molecule has 90 valence electrons. The van der Waals surface area contributed by atoms with Crippen LogP contribution in [-0.2, 0) is 23.2 Å². The summed E-state index contributed by atoms with van der Waals surface area (Å²) in [5.41, 5.74) is 2.80. The molecule has 1 aliphatic heterocycles. The van der Waals surface area contributed by atoms with Gasteiger partial charge >= 0.3 is 0 Å². The van der Waals surface area contributed by atoms with E-state index in [1.54, 1.807) is 6.33 Å². The van der Waals surface area contributed by atoms with E-state index in [2.05, 4.69) is 4.98 Å². The molecule has 2 heterocycles. The predicted octanol–water partition coefficient (Wildman–Crippen LogP) is 0.998. The fourth-order valence-electron chi connectivity index (χ4n) is 2.04. The molecule has 3 rings (SSSR count). The van der Waals surface area contributed by atoms with E-state index in [4.69, 9.17) is 0 Å². The first-order valence-electron chi connectivity index (χ1n) is 5.58. The highest BCUT2D eigenvalue weighted by molar-refractivity contribution is 6.12. The Balaban J connectivity index is 1.93. The Kier molecular flexibility index (Phi) is 2.26. The van der Waals surface area contributed by atoms with Crippen molar-refractivity contribution in [3.63, 3.8) is 0 Å². The summed E-state index contributed by atoms with van der Waals surface area (Å²) in [4.78, 5) is 28.4. The summed E-state index contributed by atoms with van der Waals surface area (Å²) in [7, 11) is 1.91. The van der Waals surface area contributed by atoms with Gasteiger partial charge in [-0.05, 0) is 17.7 Å². The second kappa shape index (κ2) is 3.80. The number of aromatic nitrogens is 2. The van der Waals surface area contributed by atoms with Crippen LogP contribution in [-0.4, -0.2) is 26.3 Å². The number of hydrogen-bond acceptors (Lipinski definition) is 3. The van der Waals surface area contributed by atoms with Gasteiger partial charge in [-0.3, -0.25) is 14.5 Å². The van der Waals surface area contributed by atoms with Crippen LogP contribution in [0.25, 0.3) is 11.0 Å². The molecule has 5 heteroatoms. The molecular weight excluding hydrogens is 230 g/mol. The van der Waals surface area contributed by atoms with Crippen molar-refractivity contribution in [2.24, 2.45) is 7.05 Å². The van der Waals surface area contributed by atoms with Crippen LogP contribution in [0.5, 0.6) is 0 Å². The van der Waals surface area contributed by atoms with Gasteiger partial charge in [0.2, 0.25) is 0 Å². The van der Waals surface area contributed by atoms with Crippen molar-refractivity contribution in [1.29, 1.82) is 0 Å². The van der Waals surface area contributed by atoms with Crippen molar-refractivity contribution in [3.05, 3.63) is 42.2 Å². The summed E-state index contributed by atoms with van der Waals surface area (Å²) in [5, 5.41) is 0. The van der Waals surface area contributed by atoms with E-state index < -0.39 is 0 Å². The molecule has 2 aromatic rings. The number of carbonyl (C=O) groups is 2. The topological polar surface area (TPSA) is 55.2 Å². The molecular formula is C13H11N3O2. The fourth-order valence-corrected chi connectivity index (χ4v) is 2.04. The monoisotopic (exact) mass is 241 g/mol. The van der Waals surface area contributed by atoms with Gasteiger partial charge in [0.25, 0.3) is 11.8 Å². The van der Waals surface area contributed by atoms with Crippen LogP contribution in [0.3, 0.4) is 0 Å². The Hall–Kier alpha value is -2.43. The Morgan fingerprint density at radius 2 is 1.89 bits per heavy atom. The lowest BCUT2D eigenvalue weighted by molar-refractivity contribution is -0.137. The van der Waals surface area contributed by atoms with Crippen molar-refractivity contribution >= 4 is 22.8 Å². The quantitative estimate of drug-likeness (QED) is 0.737. The van der Waals surface area contributed by atoms with E-state index in [-0.39, 0.29) is 11.8 Å². The van der Waals surface area contributed by atoms with Crippen LogP contribution in [0.15, 0.2) is 36.7 Å². The summed E-state index contributed by atoms with van der Waals surface area (Å²) in [6, 6.07) is 5.72. The lowest BCUT2D eigenvalue weighted by Gasteiger charge is -2.13. The number of rotatable bonds is 2. The molecule has 2 amide bonds. The van der Waals surface area contributed by atoms with Crippen LogP contribution in [0.4, 0.5) is 0 Å². The number of hydrogen-bond donors (Lipinski definition) is 0. The average molecular weight is 241 g/mol. The molecule has 0 saturated carbocycles. The Labute approximate surface area is 103 Å². The molecule has 1 aromatic heterocycles. The van der Waals surface area contributed by atoms with Crippen LogP contribution < -0.4 is 0 Å². The third kappa shape index (κ3) is 1.60. The van der Waals surface area contributed by atoms with E-state index in [0.717, 1.165) is 16.6 Å². The van der Waals surface area contributed by atoms with Gasteiger partial charge < -0.3 is 4.57 Å². The Bertz CT molecular complexity index is 667. The molecule has 18 heavy (non-hydrogen) atoms. The van der Waals surface area contributed by atoms with Crippen molar-refractivity contribution in [2.45, 2.75) is 6.54 Å². The maximum absolute atomic E-state index is 11.5. The number of amides is 2. The van der Waals surface area contributed by atoms with Crippen molar-refractivity contribution in [1.82, 2.24) is 14.5 Å². The number of aryl methyl sites for hydroxylation is 1. The third-order valence-corrected chi connectivity index (χ3v) is 3.03. The highest BCUT2D eigenvalue weighted by Gasteiger charge is 2.23. The number of benzene rings is 1. The minimum Gasteiger partial charge on any atom is -0.334 e. The zero-order valence-corrected chi connectivity index (χ0v) is 9.83. The van der Waals surface area contributed by atoms with Gasteiger partial charge in [0.1, 0.15) is 0 Å². The highest BCUT2D eigenvalue weighted by Crippen LogP contribution is 2.17. The maximum Gasteiger partial charge on any atom is 0.253 e. The second-order valence-corrected chi connectivity index (χ2v) is 4.27. The molecule has 0 aliphatic carbocycles. The van der Waals surface area contributed by atoms with Crippen molar-refractivity contribution in [2.75, 3.05) is 0 Å². The maximum atomic E-state index is 11.5. The summed E-state index contributed by atoms with van der Waals surface area (Å²) < 4.78 is 1.91. The molecule has 0 atom stereocenters. The van der Waals surface area contributed by atoms with E-state index >= 15 is 0 Å². The van der Waals surface area contributed by atoms with Crippen LogP contribution in [0.1, 0.15) is 5.56 Å². The fraction of sp³-hybridized carbons (Fsp3) is 0.154. The minimum atomic E-state index is -0.259. The third-order valence-electron chi connectivity index (χ3n) is 3.03. The van der Waals surface area contributed by atoms with Gasteiger partial charge in [-0.2, -0.15) is 0 Å². The largest absolute Gasteiger partial charge is 0.334 e. The van der Waals surface area contributed by atoms with Crippen LogP contribution >= 0.6 is 0 Å². The van der Waals surface area contributed by atoms with E-state index in [1.807, 2.05) is 29.8 Å². The number of carbonyl (C=O) groups excluding carboxylic acids is 2. The van der Waals surface area contributed by atoms with E-state index in [1.165, 1.54) is 17.1 Å². The van der Waals surface area contributed by atoms with Gasteiger partial charge in [-0.25, -0.2) is 4.98 Å². The number of nitrogens with zero attached hydrogens (tertiary/aromatic N) is 3. The van der Waals surface area contributed by atoms with Gasteiger partial charge in [-0.1, -0.05) is 6.07 Å². The first-order valence-corrected chi connectivity index (χ1v) is 5.58. The lowest BCUT2D eigenvalue weighted by atomic mass is 10.2. The van der Waals surface area contributed by atoms with Gasteiger partial charge in [0.15, 0.2) is 0 Å². The Morgan fingerprint density at radius 1 is 1.17 bits per heavy atom. The highest BCUT2D eigenvalue weighted by atomic mass is 16.2. The zero-order valence-electron chi connectivity index (χ0n) is 9.83. The van der Waals surface area contributed by atoms with Crippen molar-refractivity contribution in [3.8, 4) is 0 Å². The summed E-state index contributed by atoms with van der Waals surface area (Å²) >= 11 is 0. The zero-order chi connectivity index (χ0) is 12.7. The minimum absolute atomic E-state index is 0.259. The van der Waals surface area contributed by atoms with Crippen LogP contribution in [0.2, 0.25) is 0 Å². The van der Waals surface area contributed by atoms with Crippen LogP contribution in [0, 0.1) is 0 Å². The lowest BCUT2D eigenvalue weighted by Crippen LogP contribution is -2.29. The average Bonchev–Trinajstić information content (AvgIpc) is 2.88. The summed E-state index contributed by atoms with van der Waals surface area (Å²) in [6.45, 7) is 0.297. The van der Waals surface area contributed by atoms with Gasteiger partial charge in [0.05, 0.1) is 23.9 Å². The molecule has 0 spiro atoms. The predicted molar refractivity (Wildman–Crippen MR) is 65.4 cm³/mol. The SMILES string of the molecule is Cn1cnc2ccc(CN3C(=O)C=CC3=O)cc21. The second-order valence-electron chi connectivity index (χ2n) is 4.27. The molecule has 5 nitrogen and oxygen atoms in total. The molecule has 0 unspecified atom stereocenters. The summed E-state index contributed by atoms with van der Waals surface area (Å²) in [5.74, 6) is -0.518. The number of imide groups is 1. The Morgan fingerprint density at radius 3 is 2.61 bits per heavy atom. The number of fused-ring (bicyclic) bond motifs is 1. The first-order chi connectivity index (χ1) is 8.65. The molecule has 0 bridgehead atoms. The molecule has 0 saturated heterocycles. The molecule has 0 radical (unpaired) electrons. The van der Waals surface area contributed by atoms with E-state index in [0.29, 0.717) is 6.54 Å². The van der Waals surface area contributed by atoms with Gasteiger partial charge in [-0.15, -0.1) is 0 Å². The number of imidazole rings is 1. The first kappa shape index (κ1) is 10.7. The normalized spacial score (nSPS) is 15.1. The molecule has 1 aromatic carbocycles. The van der Waals surface area contributed by atoms with E-state index in [9.17, 15) is 9.59 Å². The standard InChI is InChI=1S/C13H11N3O2/c1-15-8-14-10-3-2-9(6-11(10)15)7-16-12(17)4-5-13(16)18/h2-6,8H,7H2,1H3. The molecule has 0 fully saturated rings. The molecule has 0 N–H and O–H groups in total. The molecule has 1 aliphatic rings. The summed E-state index contributed by atoms with van der Waals surface area (Å²) in [6.07, 6.45) is 4.33. The smallest absolute Gasteiger partial charge is 0.253 e. The van der Waals surface area contributed by atoms with Gasteiger partial charge in [0, 0.05) is 19.2 Å². The van der Waals surface area contributed by atoms with Crippen molar-refractivity contribution < 1.29 is 9.59 Å².